The molecule has 2 heterocycles. The van der Waals surface area contributed by atoms with Crippen LogP contribution in [-0.4, -0.2) is 37.0 Å². The third kappa shape index (κ3) is 4.12. The van der Waals surface area contributed by atoms with Crippen LogP contribution >= 0.6 is 23.4 Å². The number of amides is 1. The number of rotatable bonds is 6. The van der Waals surface area contributed by atoms with Gasteiger partial charge in [0.1, 0.15) is 5.76 Å². The Labute approximate surface area is 146 Å². The van der Waals surface area contributed by atoms with Crippen LogP contribution in [0.2, 0.25) is 5.02 Å². The van der Waals surface area contributed by atoms with Gasteiger partial charge in [0, 0.05) is 23.3 Å². The maximum atomic E-state index is 11.9. The van der Waals surface area contributed by atoms with E-state index in [1.807, 2.05) is 12.1 Å². The molecule has 124 valence electrons. The molecule has 0 aliphatic heterocycles. The normalized spacial score (nSPS) is 10.8. The first-order valence-electron chi connectivity index (χ1n) is 7.02. The van der Waals surface area contributed by atoms with Crippen molar-refractivity contribution in [2.24, 2.45) is 0 Å². The van der Waals surface area contributed by atoms with Gasteiger partial charge in [0.15, 0.2) is 5.82 Å². The van der Waals surface area contributed by atoms with Crippen LogP contribution in [0.25, 0.3) is 5.69 Å². The van der Waals surface area contributed by atoms with Crippen molar-refractivity contribution in [3.63, 3.8) is 0 Å². The Bertz CT molecular complexity index is 832. The molecule has 0 radical (unpaired) electrons. The van der Waals surface area contributed by atoms with E-state index in [1.165, 1.54) is 11.8 Å². The average molecular weight is 365 g/mol. The number of carbonyl (C=O) groups is 1. The molecular weight excluding hydrogens is 352 g/mol. The van der Waals surface area contributed by atoms with Crippen molar-refractivity contribution in [2.45, 2.75) is 18.5 Å². The standard InChI is InChI=1S/C14H13ClN6O2S/c1-9-8-12(18-23-9)16-13(22)6-7-24-14-17-19-20-21(14)11-4-2-10(15)3-5-11/h2-5,8H,6-7H2,1H3,(H,16,18,22). The molecule has 24 heavy (non-hydrogen) atoms. The lowest BCUT2D eigenvalue weighted by Gasteiger charge is -2.04. The van der Waals surface area contributed by atoms with E-state index in [-0.39, 0.29) is 5.91 Å². The van der Waals surface area contributed by atoms with Crippen molar-refractivity contribution in [3.8, 4) is 5.69 Å². The van der Waals surface area contributed by atoms with Crippen LogP contribution in [0, 0.1) is 6.92 Å². The predicted octanol–water partition coefficient (Wildman–Crippen LogP) is 2.73. The van der Waals surface area contributed by atoms with Crippen LogP contribution in [0.15, 0.2) is 40.0 Å². The molecule has 10 heteroatoms. The van der Waals surface area contributed by atoms with Crippen molar-refractivity contribution in [1.29, 1.82) is 0 Å². The molecule has 0 unspecified atom stereocenters. The van der Waals surface area contributed by atoms with Gasteiger partial charge in [-0.25, -0.2) is 0 Å². The average Bonchev–Trinajstić information content (AvgIpc) is 3.17. The van der Waals surface area contributed by atoms with E-state index in [9.17, 15) is 4.79 Å². The van der Waals surface area contributed by atoms with E-state index >= 15 is 0 Å². The number of aryl methyl sites for hydroxylation is 1. The van der Waals surface area contributed by atoms with Gasteiger partial charge < -0.3 is 9.84 Å². The van der Waals surface area contributed by atoms with Crippen LogP contribution in [0.3, 0.4) is 0 Å². The molecule has 8 nitrogen and oxygen atoms in total. The van der Waals surface area contributed by atoms with Gasteiger partial charge in [-0.3, -0.25) is 4.79 Å². The van der Waals surface area contributed by atoms with Crippen LogP contribution in [-0.2, 0) is 4.79 Å². The van der Waals surface area contributed by atoms with Gasteiger partial charge in [-0.2, -0.15) is 4.68 Å². The molecule has 0 saturated carbocycles. The Hall–Kier alpha value is -2.39. The SMILES string of the molecule is Cc1cc(NC(=O)CCSc2nnnn2-c2ccc(Cl)cc2)no1. The number of nitrogens with zero attached hydrogens (tertiary/aromatic N) is 5. The van der Waals surface area contributed by atoms with Gasteiger partial charge in [0.05, 0.1) is 5.69 Å². The van der Waals surface area contributed by atoms with E-state index in [0.29, 0.717) is 33.9 Å². The molecular formula is C14H13ClN6O2S. The van der Waals surface area contributed by atoms with Crippen molar-refractivity contribution in [1.82, 2.24) is 25.4 Å². The van der Waals surface area contributed by atoms with Gasteiger partial charge in [0.2, 0.25) is 11.1 Å². The first-order valence-corrected chi connectivity index (χ1v) is 8.38. The summed E-state index contributed by atoms with van der Waals surface area (Å²) < 4.78 is 6.49. The Morgan fingerprint density at radius 2 is 2.17 bits per heavy atom. The number of tetrazole rings is 1. The molecule has 1 amide bonds. The maximum absolute atomic E-state index is 11.9. The minimum atomic E-state index is -0.152. The quantitative estimate of drug-likeness (QED) is 0.671. The van der Waals surface area contributed by atoms with Gasteiger partial charge >= 0.3 is 0 Å². The molecule has 0 atom stereocenters. The molecule has 0 aliphatic carbocycles. The third-order valence-corrected chi connectivity index (χ3v) is 4.14. The largest absolute Gasteiger partial charge is 0.360 e. The number of anilines is 1. The Morgan fingerprint density at radius 3 is 2.88 bits per heavy atom. The zero-order chi connectivity index (χ0) is 16.9. The first kappa shape index (κ1) is 16.5. The zero-order valence-electron chi connectivity index (χ0n) is 12.6. The number of carbonyl (C=O) groups excluding carboxylic acids is 1. The molecule has 1 aromatic carbocycles. The van der Waals surface area contributed by atoms with Crippen molar-refractivity contribution < 1.29 is 9.32 Å². The maximum Gasteiger partial charge on any atom is 0.226 e. The Balaban J connectivity index is 1.55. The molecule has 3 aromatic rings. The van der Waals surface area contributed by atoms with Crippen molar-refractivity contribution in [2.75, 3.05) is 11.1 Å². The highest BCUT2D eigenvalue weighted by atomic mass is 35.5. The fourth-order valence-electron chi connectivity index (χ4n) is 1.88. The number of hydrogen-bond donors (Lipinski definition) is 1. The number of nitrogens with one attached hydrogen (secondary N) is 1. The highest BCUT2D eigenvalue weighted by molar-refractivity contribution is 7.99. The number of benzene rings is 1. The molecule has 2 aromatic heterocycles. The predicted molar refractivity (Wildman–Crippen MR) is 89.4 cm³/mol. The summed E-state index contributed by atoms with van der Waals surface area (Å²) in [5, 5.41) is 19.2. The smallest absolute Gasteiger partial charge is 0.226 e. The first-order chi connectivity index (χ1) is 11.6. The molecule has 3 rings (SSSR count). The van der Waals surface area contributed by atoms with E-state index in [1.54, 1.807) is 29.8 Å². The molecule has 0 aliphatic rings. The highest BCUT2D eigenvalue weighted by Crippen LogP contribution is 2.20. The molecule has 0 bridgehead atoms. The molecule has 1 N–H and O–H groups in total. The second kappa shape index (κ2) is 7.45. The second-order valence-corrected chi connectivity index (χ2v) is 6.32. The summed E-state index contributed by atoms with van der Waals surface area (Å²) >= 11 is 7.26. The van der Waals surface area contributed by atoms with Crippen LogP contribution in [0.5, 0.6) is 0 Å². The summed E-state index contributed by atoms with van der Waals surface area (Å²) in [5.74, 6) is 1.42. The third-order valence-electron chi connectivity index (χ3n) is 2.97. The fraction of sp³-hybridized carbons (Fsp3) is 0.214. The number of thioether (sulfide) groups is 1. The van der Waals surface area contributed by atoms with E-state index in [0.717, 1.165) is 5.69 Å². The van der Waals surface area contributed by atoms with Gasteiger partial charge in [-0.05, 0) is 41.6 Å². The fourth-order valence-corrected chi connectivity index (χ4v) is 2.83. The van der Waals surface area contributed by atoms with Gasteiger partial charge in [-0.15, -0.1) is 5.10 Å². The van der Waals surface area contributed by atoms with Crippen LogP contribution in [0.4, 0.5) is 5.82 Å². The summed E-state index contributed by atoms with van der Waals surface area (Å²) in [6.45, 7) is 1.76. The lowest BCUT2D eigenvalue weighted by Crippen LogP contribution is -2.12. The summed E-state index contributed by atoms with van der Waals surface area (Å²) in [5.41, 5.74) is 0.800. The minimum Gasteiger partial charge on any atom is -0.360 e. The summed E-state index contributed by atoms with van der Waals surface area (Å²) in [6.07, 6.45) is 0.296. The Kier molecular flexibility index (Phi) is 5.11. The van der Waals surface area contributed by atoms with Crippen molar-refractivity contribution >= 4 is 35.1 Å². The second-order valence-electron chi connectivity index (χ2n) is 4.82. The highest BCUT2D eigenvalue weighted by Gasteiger charge is 2.11. The van der Waals surface area contributed by atoms with E-state index in [2.05, 4.69) is 26.0 Å². The van der Waals surface area contributed by atoms with E-state index < -0.39 is 0 Å². The molecule has 0 fully saturated rings. The number of halogens is 1. The van der Waals surface area contributed by atoms with Crippen molar-refractivity contribution in [3.05, 3.63) is 41.1 Å². The molecule has 0 saturated heterocycles. The Morgan fingerprint density at radius 1 is 1.38 bits per heavy atom. The number of aromatic nitrogens is 5. The summed E-state index contributed by atoms with van der Waals surface area (Å²) in [6, 6.07) is 8.83. The molecule has 0 spiro atoms. The van der Waals surface area contributed by atoms with Gasteiger partial charge in [0.25, 0.3) is 0 Å². The monoisotopic (exact) mass is 364 g/mol. The lowest BCUT2D eigenvalue weighted by atomic mass is 10.3. The lowest BCUT2D eigenvalue weighted by molar-refractivity contribution is -0.115. The van der Waals surface area contributed by atoms with Crippen LogP contribution < -0.4 is 5.32 Å². The van der Waals surface area contributed by atoms with Gasteiger partial charge in [-0.1, -0.05) is 28.5 Å². The topological polar surface area (TPSA) is 98.7 Å². The van der Waals surface area contributed by atoms with Crippen LogP contribution in [0.1, 0.15) is 12.2 Å². The zero-order valence-corrected chi connectivity index (χ0v) is 14.2. The summed E-state index contributed by atoms with van der Waals surface area (Å²) in [4.78, 5) is 11.9. The minimum absolute atomic E-state index is 0.152. The van der Waals surface area contributed by atoms with E-state index in [4.69, 9.17) is 16.1 Å². The summed E-state index contributed by atoms with van der Waals surface area (Å²) in [7, 11) is 0. The number of hydrogen-bond acceptors (Lipinski definition) is 7.